The molecular weight excluding hydrogens is 210 g/mol. The summed E-state index contributed by atoms with van der Waals surface area (Å²) < 4.78 is 0. The summed E-state index contributed by atoms with van der Waals surface area (Å²) in [5, 5.41) is 3.75. The van der Waals surface area contributed by atoms with Crippen LogP contribution >= 0.6 is 0 Å². The van der Waals surface area contributed by atoms with E-state index in [2.05, 4.69) is 42.9 Å². The molecule has 0 spiro atoms. The summed E-state index contributed by atoms with van der Waals surface area (Å²) in [7, 11) is 2.26. The van der Waals surface area contributed by atoms with Crippen molar-refractivity contribution in [3.63, 3.8) is 0 Å². The van der Waals surface area contributed by atoms with E-state index in [0.717, 1.165) is 0 Å². The highest BCUT2D eigenvalue weighted by Crippen LogP contribution is 2.25. The van der Waals surface area contributed by atoms with Crippen LogP contribution in [-0.4, -0.2) is 60.6 Å². The van der Waals surface area contributed by atoms with Crippen molar-refractivity contribution in [2.75, 3.05) is 33.2 Å². The molecule has 2 rings (SSSR count). The van der Waals surface area contributed by atoms with E-state index in [-0.39, 0.29) is 0 Å². The number of nitrogens with one attached hydrogen (secondary N) is 1. The minimum atomic E-state index is 0.412. The largest absolute Gasteiger partial charge is 0.310 e. The Morgan fingerprint density at radius 2 is 1.88 bits per heavy atom. The molecule has 0 bridgehead atoms. The number of hydrogen-bond donors (Lipinski definition) is 1. The lowest BCUT2D eigenvalue weighted by Gasteiger charge is -2.45. The second kappa shape index (κ2) is 5.25. The van der Waals surface area contributed by atoms with Gasteiger partial charge < -0.3 is 5.32 Å². The first-order chi connectivity index (χ1) is 8.06. The summed E-state index contributed by atoms with van der Waals surface area (Å²) in [6.45, 7) is 11.9. The molecule has 0 aromatic rings. The Labute approximate surface area is 107 Å². The van der Waals surface area contributed by atoms with E-state index in [0.29, 0.717) is 17.6 Å². The zero-order valence-electron chi connectivity index (χ0n) is 12.0. The smallest absolute Gasteiger partial charge is 0.0306 e. The third-order valence-corrected chi connectivity index (χ3v) is 4.97. The molecule has 3 heteroatoms. The Kier molecular flexibility index (Phi) is 4.11. The topological polar surface area (TPSA) is 18.5 Å². The molecule has 100 valence electrons. The van der Waals surface area contributed by atoms with Gasteiger partial charge >= 0.3 is 0 Å². The summed E-state index contributed by atoms with van der Waals surface area (Å²) in [6, 6.07) is 1.38. The molecule has 2 aliphatic rings. The molecule has 17 heavy (non-hydrogen) atoms. The SMILES string of the molecule is CCC1(CN2CC(C)N(C)C(C)C2)CCCN1. The summed E-state index contributed by atoms with van der Waals surface area (Å²) in [6.07, 6.45) is 3.98. The predicted molar refractivity (Wildman–Crippen MR) is 73.4 cm³/mol. The normalized spacial score (nSPS) is 40.9. The molecule has 0 saturated carbocycles. The Morgan fingerprint density at radius 1 is 1.24 bits per heavy atom. The van der Waals surface area contributed by atoms with Crippen molar-refractivity contribution in [2.24, 2.45) is 0 Å². The van der Waals surface area contributed by atoms with Gasteiger partial charge in [0.15, 0.2) is 0 Å². The number of rotatable bonds is 3. The van der Waals surface area contributed by atoms with Gasteiger partial charge in [-0.15, -0.1) is 0 Å². The monoisotopic (exact) mass is 239 g/mol. The van der Waals surface area contributed by atoms with Gasteiger partial charge in [0, 0.05) is 37.3 Å². The van der Waals surface area contributed by atoms with Crippen molar-refractivity contribution in [3.8, 4) is 0 Å². The van der Waals surface area contributed by atoms with Crippen molar-refractivity contribution < 1.29 is 0 Å². The summed E-state index contributed by atoms with van der Waals surface area (Å²) >= 11 is 0. The maximum Gasteiger partial charge on any atom is 0.0306 e. The number of piperazine rings is 1. The molecule has 3 nitrogen and oxygen atoms in total. The van der Waals surface area contributed by atoms with Gasteiger partial charge in [-0.3, -0.25) is 9.80 Å². The van der Waals surface area contributed by atoms with Crippen LogP contribution in [0.5, 0.6) is 0 Å². The zero-order chi connectivity index (χ0) is 12.5. The van der Waals surface area contributed by atoms with Crippen LogP contribution in [0, 0.1) is 0 Å². The Balaban J connectivity index is 1.94. The minimum absolute atomic E-state index is 0.412. The molecule has 0 aliphatic carbocycles. The van der Waals surface area contributed by atoms with Gasteiger partial charge in [0.25, 0.3) is 0 Å². The van der Waals surface area contributed by atoms with E-state index < -0.39 is 0 Å². The highest BCUT2D eigenvalue weighted by molar-refractivity contribution is 4.96. The third kappa shape index (κ3) is 2.83. The molecular formula is C14H29N3. The Morgan fingerprint density at radius 3 is 2.35 bits per heavy atom. The van der Waals surface area contributed by atoms with Gasteiger partial charge in [0.05, 0.1) is 0 Å². The van der Waals surface area contributed by atoms with E-state index in [9.17, 15) is 0 Å². The summed E-state index contributed by atoms with van der Waals surface area (Å²) in [4.78, 5) is 5.19. The van der Waals surface area contributed by atoms with Gasteiger partial charge in [0.1, 0.15) is 0 Å². The van der Waals surface area contributed by atoms with Gasteiger partial charge in [-0.25, -0.2) is 0 Å². The van der Waals surface area contributed by atoms with Crippen LogP contribution in [0.15, 0.2) is 0 Å². The molecule has 2 saturated heterocycles. The molecule has 1 N–H and O–H groups in total. The maximum atomic E-state index is 3.75. The molecule has 2 aliphatic heterocycles. The number of hydrogen-bond acceptors (Lipinski definition) is 3. The van der Waals surface area contributed by atoms with Crippen molar-refractivity contribution in [1.82, 2.24) is 15.1 Å². The first kappa shape index (κ1) is 13.3. The second-order valence-corrected chi connectivity index (χ2v) is 6.22. The van der Waals surface area contributed by atoms with Gasteiger partial charge in [-0.05, 0) is 46.7 Å². The molecule has 0 aromatic carbocycles. The van der Waals surface area contributed by atoms with Crippen LogP contribution in [-0.2, 0) is 0 Å². The zero-order valence-corrected chi connectivity index (χ0v) is 12.0. The van der Waals surface area contributed by atoms with Crippen LogP contribution in [0.1, 0.15) is 40.0 Å². The third-order valence-electron chi connectivity index (χ3n) is 4.97. The second-order valence-electron chi connectivity index (χ2n) is 6.22. The van der Waals surface area contributed by atoms with Crippen LogP contribution in [0.25, 0.3) is 0 Å². The summed E-state index contributed by atoms with van der Waals surface area (Å²) in [5.74, 6) is 0. The van der Waals surface area contributed by atoms with E-state index >= 15 is 0 Å². The Hall–Kier alpha value is -0.120. The minimum Gasteiger partial charge on any atom is -0.310 e. The van der Waals surface area contributed by atoms with E-state index in [1.54, 1.807) is 0 Å². The van der Waals surface area contributed by atoms with Crippen LogP contribution in [0.2, 0.25) is 0 Å². The average molecular weight is 239 g/mol. The quantitative estimate of drug-likeness (QED) is 0.806. The predicted octanol–water partition coefficient (Wildman–Crippen LogP) is 1.54. The van der Waals surface area contributed by atoms with Crippen molar-refractivity contribution in [3.05, 3.63) is 0 Å². The lowest BCUT2D eigenvalue weighted by molar-refractivity contribution is 0.0428. The average Bonchev–Trinajstić information content (AvgIpc) is 2.75. The van der Waals surface area contributed by atoms with Crippen molar-refractivity contribution in [1.29, 1.82) is 0 Å². The van der Waals surface area contributed by atoms with Crippen molar-refractivity contribution in [2.45, 2.75) is 57.7 Å². The number of likely N-dealkylation sites (N-methyl/N-ethyl adjacent to an activating group) is 1. The van der Waals surface area contributed by atoms with Crippen LogP contribution < -0.4 is 5.32 Å². The highest BCUT2D eigenvalue weighted by Gasteiger charge is 2.36. The van der Waals surface area contributed by atoms with Crippen LogP contribution in [0.3, 0.4) is 0 Å². The number of nitrogens with zero attached hydrogens (tertiary/aromatic N) is 2. The molecule has 0 amide bonds. The van der Waals surface area contributed by atoms with Gasteiger partial charge in [-0.2, -0.15) is 0 Å². The molecule has 0 radical (unpaired) electrons. The maximum absolute atomic E-state index is 3.75. The fourth-order valence-electron chi connectivity index (χ4n) is 3.49. The fourth-order valence-corrected chi connectivity index (χ4v) is 3.49. The lowest BCUT2D eigenvalue weighted by atomic mass is 9.92. The van der Waals surface area contributed by atoms with E-state index in [1.165, 1.54) is 45.4 Å². The first-order valence-electron chi connectivity index (χ1n) is 7.25. The van der Waals surface area contributed by atoms with E-state index in [4.69, 9.17) is 0 Å². The lowest BCUT2D eigenvalue weighted by Crippen LogP contribution is -2.59. The van der Waals surface area contributed by atoms with Crippen molar-refractivity contribution >= 4 is 0 Å². The molecule has 0 aromatic heterocycles. The van der Waals surface area contributed by atoms with Gasteiger partial charge in [0.2, 0.25) is 0 Å². The van der Waals surface area contributed by atoms with E-state index in [1.807, 2.05) is 0 Å². The molecule has 3 atom stereocenters. The fraction of sp³-hybridized carbons (Fsp3) is 1.00. The first-order valence-corrected chi connectivity index (χ1v) is 7.25. The molecule has 3 unspecified atom stereocenters. The highest BCUT2D eigenvalue weighted by atomic mass is 15.3. The standard InChI is InChI=1S/C14H29N3/c1-5-14(7-6-8-15-14)11-17-9-12(2)16(4)13(3)10-17/h12-13,15H,5-11H2,1-4H3. The molecule has 2 heterocycles. The van der Waals surface area contributed by atoms with Crippen LogP contribution in [0.4, 0.5) is 0 Å². The summed E-state index contributed by atoms with van der Waals surface area (Å²) in [5.41, 5.74) is 0.412. The van der Waals surface area contributed by atoms with Gasteiger partial charge in [-0.1, -0.05) is 6.92 Å². The Bertz CT molecular complexity index is 236. The molecule has 2 fully saturated rings.